The summed E-state index contributed by atoms with van der Waals surface area (Å²) in [4.78, 5) is 19.6. The number of methoxy groups -OCH3 is 1. The van der Waals surface area contributed by atoms with Crippen molar-refractivity contribution in [3.8, 4) is 11.5 Å². The van der Waals surface area contributed by atoms with E-state index < -0.39 is 5.91 Å². The van der Waals surface area contributed by atoms with Gasteiger partial charge in [0.1, 0.15) is 0 Å². The number of aromatic hydroxyl groups is 1. The summed E-state index contributed by atoms with van der Waals surface area (Å²) in [5.74, 6) is 0.0126. The Balaban J connectivity index is 2.17. The Morgan fingerprint density at radius 1 is 1.33 bits per heavy atom. The van der Waals surface area contributed by atoms with Crippen molar-refractivity contribution in [2.24, 2.45) is 0 Å². The van der Waals surface area contributed by atoms with Crippen LogP contribution in [0.5, 0.6) is 11.5 Å². The number of benzene rings is 1. The summed E-state index contributed by atoms with van der Waals surface area (Å²) in [7, 11) is 1.44. The van der Waals surface area contributed by atoms with E-state index in [1.165, 1.54) is 37.7 Å². The highest BCUT2D eigenvalue weighted by atomic mass is 16.5. The molecule has 6 heteroatoms. The minimum absolute atomic E-state index is 0.0980. The van der Waals surface area contributed by atoms with E-state index in [0.717, 1.165) is 0 Å². The van der Waals surface area contributed by atoms with Gasteiger partial charge in [-0.1, -0.05) is 0 Å². The van der Waals surface area contributed by atoms with Crippen LogP contribution in [0.2, 0.25) is 0 Å². The Labute approximate surface area is 103 Å². The lowest BCUT2D eigenvalue weighted by Gasteiger charge is -2.06. The molecule has 1 amide bonds. The average molecular weight is 245 g/mol. The molecule has 0 unspecified atom stereocenters. The number of aromatic nitrogens is 2. The van der Waals surface area contributed by atoms with Gasteiger partial charge in [0.15, 0.2) is 11.5 Å². The number of phenolic OH excluding ortho intramolecular Hbond substituents is 1. The van der Waals surface area contributed by atoms with E-state index in [4.69, 9.17) is 4.74 Å². The van der Waals surface area contributed by atoms with Gasteiger partial charge in [-0.3, -0.25) is 10.1 Å². The van der Waals surface area contributed by atoms with E-state index in [1.807, 2.05) is 0 Å². The highest BCUT2D eigenvalue weighted by Gasteiger charge is 2.10. The highest BCUT2D eigenvalue weighted by Crippen LogP contribution is 2.26. The van der Waals surface area contributed by atoms with Gasteiger partial charge in [-0.2, -0.15) is 0 Å². The van der Waals surface area contributed by atoms with Gasteiger partial charge < -0.3 is 9.84 Å². The molecule has 1 heterocycles. The third kappa shape index (κ3) is 2.54. The van der Waals surface area contributed by atoms with Crippen molar-refractivity contribution in [1.82, 2.24) is 9.97 Å². The molecule has 18 heavy (non-hydrogen) atoms. The van der Waals surface area contributed by atoms with Crippen molar-refractivity contribution in [2.45, 2.75) is 0 Å². The number of nitrogens with one attached hydrogen (secondary N) is 1. The number of anilines is 1. The fourth-order valence-electron chi connectivity index (χ4n) is 1.37. The lowest BCUT2D eigenvalue weighted by Crippen LogP contribution is -2.13. The number of carbonyl (C=O) groups is 1. The number of nitrogens with zero attached hydrogens (tertiary/aromatic N) is 2. The van der Waals surface area contributed by atoms with Crippen molar-refractivity contribution < 1.29 is 14.6 Å². The molecule has 0 saturated carbocycles. The zero-order valence-corrected chi connectivity index (χ0v) is 9.62. The number of amides is 1. The molecule has 0 aliphatic rings. The average Bonchev–Trinajstić information content (AvgIpc) is 2.39. The molecule has 2 N–H and O–H groups in total. The number of hydrogen-bond donors (Lipinski definition) is 2. The third-order valence-corrected chi connectivity index (χ3v) is 2.23. The van der Waals surface area contributed by atoms with Crippen LogP contribution in [-0.4, -0.2) is 28.1 Å². The Hall–Kier alpha value is -2.63. The van der Waals surface area contributed by atoms with Crippen LogP contribution in [0.1, 0.15) is 10.4 Å². The van der Waals surface area contributed by atoms with Gasteiger partial charge in [-0.25, -0.2) is 9.97 Å². The van der Waals surface area contributed by atoms with Crippen LogP contribution in [0, 0.1) is 0 Å². The van der Waals surface area contributed by atoms with E-state index in [2.05, 4.69) is 15.3 Å². The molecule has 0 aliphatic heterocycles. The van der Waals surface area contributed by atoms with Gasteiger partial charge >= 0.3 is 0 Å². The summed E-state index contributed by atoms with van der Waals surface area (Å²) in [5.41, 5.74) is 0.292. The Morgan fingerprint density at radius 3 is 2.67 bits per heavy atom. The lowest BCUT2D eigenvalue weighted by molar-refractivity contribution is 0.102. The van der Waals surface area contributed by atoms with E-state index in [0.29, 0.717) is 11.3 Å². The van der Waals surface area contributed by atoms with E-state index in [-0.39, 0.29) is 11.7 Å². The maximum Gasteiger partial charge on any atom is 0.258 e. The second-order valence-electron chi connectivity index (χ2n) is 3.41. The van der Waals surface area contributed by atoms with Crippen molar-refractivity contribution in [2.75, 3.05) is 12.4 Å². The van der Waals surface area contributed by atoms with Gasteiger partial charge in [0.25, 0.3) is 5.91 Å². The van der Waals surface area contributed by atoms with Gasteiger partial charge in [-0.05, 0) is 24.3 Å². The summed E-state index contributed by atoms with van der Waals surface area (Å²) >= 11 is 0. The standard InChI is InChI=1S/C12H11N3O3/c1-18-10-4-3-8(7-9(10)16)11(17)15-12-13-5-2-6-14-12/h2-7,16H,1H3,(H,13,14,15,17). The first kappa shape index (κ1) is 11.8. The number of ether oxygens (including phenoxy) is 1. The molecule has 0 bridgehead atoms. The van der Waals surface area contributed by atoms with Gasteiger partial charge in [0.2, 0.25) is 5.95 Å². The van der Waals surface area contributed by atoms with Crippen LogP contribution in [0.15, 0.2) is 36.7 Å². The molecule has 2 aromatic rings. The van der Waals surface area contributed by atoms with Crippen LogP contribution < -0.4 is 10.1 Å². The first-order chi connectivity index (χ1) is 8.70. The van der Waals surface area contributed by atoms with E-state index in [1.54, 1.807) is 6.07 Å². The third-order valence-electron chi connectivity index (χ3n) is 2.23. The largest absolute Gasteiger partial charge is 0.504 e. The van der Waals surface area contributed by atoms with Crippen molar-refractivity contribution in [1.29, 1.82) is 0 Å². The molecule has 6 nitrogen and oxygen atoms in total. The molecule has 2 rings (SSSR count). The van der Waals surface area contributed by atoms with Crippen molar-refractivity contribution in [3.63, 3.8) is 0 Å². The maximum absolute atomic E-state index is 11.8. The molecule has 0 atom stereocenters. The fourth-order valence-corrected chi connectivity index (χ4v) is 1.37. The number of hydrogen-bond acceptors (Lipinski definition) is 5. The highest BCUT2D eigenvalue weighted by molar-refractivity contribution is 6.03. The first-order valence-corrected chi connectivity index (χ1v) is 5.16. The number of phenols is 1. The molecule has 92 valence electrons. The summed E-state index contributed by atoms with van der Waals surface area (Å²) in [6.07, 6.45) is 3.04. The second-order valence-corrected chi connectivity index (χ2v) is 3.41. The van der Waals surface area contributed by atoms with Gasteiger partial charge in [-0.15, -0.1) is 0 Å². The lowest BCUT2D eigenvalue weighted by atomic mass is 10.2. The predicted molar refractivity (Wildman–Crippen MR) is 64.6 cm³/mol. The van der Waals surface area contributed by atoms with Crippen LogP contribution in [0.25, 0.3) is 0 Å². The Kier molecular flexibility index (Phi) is 3.38. The molecule has 0 fully saturated rings. The molecule has 1 aromatic heterocycles. The van der Waals surface area contributed by atoms with Crippen LogP contribution in [-0.2, 0) is 0 Å². The molecule has 0 aliphatic carbocycles. The normalized spacial score (nSPS) is 9.83. The van der Waals surface area contributed by atoms with Crippen molar-refractivity contribution in [3.05, 3.63) is 42.2 Å². The Bertz CT molecular complexity index is 558. The minimum atomic E-state index is -0.404. The smallest absolute Gasteiger partial charge is 0.258 e. The van der Waals surface area contributed by atoms with Gasteiger partial charge in [0.05, 0.1) is 7.11 Å². The summed E-state index contributed by atoms with van der Waals surface area (Å²) in [5, 5.41) is 12.1. The molecular weight excluding hydrogens is 234 g/mol. The van der Waals surface area contributed by atoms with Crippen molar-refractivity contribution >= 4 is 11.9 Å². The van der Waals surface area contributed by atoms with Crippen LogP contribution in [0.3, 0.4) is 0 Å². The predicted octanol–water partition coefficient (Wildman–Crippen LogP) is 1.44. The summed E-state index contributed by atoms with van der Waals surface area (Å²) in [6.45, 7) is 0. The summed E-state index contributed by atoms with van der Waals surface area (Å²) < 4.78 is 4.89. The zero-order valence-electron chi connectivity index (χ0n) is 9.62. The monoisotopic (exact) mass is 245 g/mol. The molecular formula is C12H11N3O3. The number of carbonyl (C=O) groups excluding carboxylic acids is 1. The first-order valence-electron chi connectivity index (χ1n) is 5.16. The second kappa shape index (κ2) is 5.13. The van der Waals surface area contributed by atoms with Crippen LogP contribution in [0.4, 0.5) is 5.95 Å². The molecule has 1 aromatic carbocycles. The SMILES string of the molecule is COc1ccc(C(=O)Nc2ncccn2)cc1O. The van der Waals surface area contributed by atoms with Crippen LogP contribution >= 0.6 is 0 Å². The number of rotatable bonds is 3. The summed E-state index contributed by atoms with van der Waals surface area (Å²) in [6, 6.07) is 6.01. The quantitative estimate of drug-likeness (QED) is 0.854. The molecule has 0 spiro atoms. The molecule has 0 radical (unpaired) electrons. The molecule has 0 saturated heterocycles. The minimum Gasteiger partial charge on any atom is -0.504 e. The maximum atomic E-state index is 11.8. The van der Waals surface area contributed by atoms with E-state index in [9.17, 15) is 9.90 Å². The fraction of sp³-hybridized carbons (Fsp3) is 0.0833. The Morgan fingerprint density at radius 2 is 2.06 bits per heavy atom. The van der Waals surface area contributed by atoms with Gasteiger partial charge in [0, 0.05) is 18.0 Å². The topological polar surface area (TPSA) is 84.3 Å². The zero-order chi connectivity index (χ0) is 13.0. The van der Waals surface area contributed by atoms with E-state index >= 15 is 0 Å².